The number of hydrogen-bond acceptors (Lipinski definition) is 4. The number of benzene rings is 1. The SMILES string of the molecule is CN(CC(F)F)C(=O)c1cc(NN)nc2ccccc12. The highest BCUT2D eigenvalue weighted by Gasteiger charge is 2.19. The first-order valence-corrected chi connectivity index (χ1v) is 5.93. The van der Waals surface area contributed by atoms with E-state index in [1.54, 1.807) is 24.3 Å². The highest BCUT2D eigenvalue weighted by atomic mass is 19.3. The minimum atomic E-state index is -2.58. The molecule has 3 N–H and O–H groups in total. The Morgan fingerprint density at radius 1 is 1.45 bits per heavy atom. The van der Waals surface area contributed by atoms with Gasteiger partial charge in [-0.2, -0.15) is 0 Å². The van der Waals surface area contributed by atoms with Crippen molar-refractivity contribution in [2.24, 2.45) is 5.84 Å². The molecule has 0 bridgehead atoms. The van der Waals surface area contributed by atoms with Crippen molar-refractivity contribution >= 4 is 22.6 Å². The molecular weight excluding hydrogens is 266 g/mol. The largest absolute Gasteiger partial charge is 0.336 e. The number of fused-ring (bicyclic) bond motifs is 1. The fourth-order valence-corrected chi connectivity index (χ4v) is 1.92. The van der Waals surface area contributed by atoms with Gasteiger partial charge in [0.1, 0.15) is 5.82 Å². The Morgan fingerprint density at radius 2 is 2.15 bits per heavy atom. The molecule has 0 fully saturated rings. The maximum Gasteiger partial charge on any atom is 0.255 e. The molecule has 2 aromatic rings. The smallest absolute Gasteiger partial charge is 0.255 e. The number of para-hydroxylation sites is 1. The van der Waals surface area contributed by atoms with Gasteiger partial charge in [0, 0.05) is 12.4 Å². The van der Waals surface area contributed by atoms with Crippen LogP contribution in [-0.2, 0) is 0 Å². The lowest BCUT2D eigenvalue weighted by atomic mass is 10.1. The van der Waals surface area contributed by atoms with E-state index in [4.69, 9.17) is 5.84 Å². The van der Waals surface area contributed by atoms with Gasteiger partial charge < -0.3 is 10.3 Å². The Bertz CT molecular complexity index is 633. The van der Waals surface area contributed by atoms with E-state index in [-0.39, 0.29) is 5.56 Å². The molecule has 20 heavy (non-hydrogen) atoms. The Morgan fingerprint density at radius 3 is 2.80 bits per heavy atom. The first-order chi connectivity index (χ1) is 9.52. The molecule has 0 aliphatic rings. The Labute approximate surface area is 114 Å². The lowest BCUT2D eigenvalue weighted by Gasteiger charge is -2.18. The third kappa shape index (κ3) is 2.83. The van der Waals surface area contributed by atoms with E-state index in [0.29, 0.717) is 16.7 Å². The summed E-state index contributed by atoms with van der Waals surface area (Å²) in [6.45, 7) is -0.624. The molecule has 106 valence electrons. The summed E-state index contributed by atoms with van der Waals surface area (Å²) < 4.78 is 24.8. The van der Waals surface area contributed by atoms with Crippen LogP contribution in [0, 0.1) is 0 Å². The van der Waals surface area contributed by atoms with Crippen molar-refractivity contribution in [3.8, 4) is 0 Å². The molecule has 0 aliphatic carbocycles. The van der Waals surface area contributed by atoms with Crippen LogP contribution in [0.15, 0.2) is 30.3 Å². The van der Waals surface area contributed by atoms with Crippen LogP contribution < -0.4 is 11.3 Å². The number of nitrogens with two attached hydrogens (primary N) is 1. The van der Waals surface area contributed by atoms with E-state index in [9.17, 15) is 13.6 Å². The number of rotatable bonds is 4. The van der Waals surface area contributed by atoms with E-state index in [2.05, 4.69) is 10.4 Å². The number of halogens is 2. The van der Waals surface area contributed by atoms with Crippen LogP contribution in [0.25, 0.3) is 10.9 Å². The van der Waals surface area contributed by atoms with Crippen LogP contribution in [0.4, 0.5) is 14.6 Å². The average Bonchev–Trinajstić information content (AvgIpc) is 2.44. The van der Waals surface area contributed by atoms with Gasteiger partial charge in [0.2, 0.25) is 0 Å². The predicted molar refractivity (Wildman–Crippen MR) is 72.5 cm³/mol. The highest BCUT2D eigenvalue weighted by molar-refractivity contribution is 6.06. The number of carbonyl (C=O) groups excluding carboxylic acids is 1. The van der Waals surface area contributed by atoms with Crippen molar-refractivity contribution in [1.29, 1.82) is 0 Å². The van der Waals surface area contributed by atoms with Crippen molar-refractivity contribution in [2.75, 3.05) is 19.0 Å². The van der Waals surface area contributed by atoms with Crippen LogP contribution >= 0.6 is 0 Å². The van der Waals surface area contributed by atoms with Crippen LogP contribution in [0.3, 0.4) is 0 Å². The summed E-state index contributed by atoms with van der Waals surface area (Å²) in [7, 11) is 1.33. The third-order valence-electron chi connectivity index (χ3n) is 2.85. The quantitative estimate of drug-likeness (QED) is 0.662. The second-order valence-corrected chi connectivity index (χ2v) is 4.29. The molecule has 0 saturated carbocycles. The summed E-state index contributed by atoms with van der Waals surface area (Å²) in [6.07, 6.45) is -2.58. The van der Waals surface area contributed by atoms with Crippen LogP contribution in [0.5, 0.6) is 0 Å². The summed E-state index contributed by atoms with van der Waals surface area (Å²) in [5, 5.41) is 0.595. The van der Waals surface area contributed by atoms with Crippen molar-refractivity contribution in [2.45, 2.75) is 6.43 Å². The van der Waals surface area contributed by atoms with Crippen molar-refractivity contribution in [3.63, 3.8) is 0 Å². The van der Waals surface area contributed by atoms with E-state index in [1.165, 1.54) is 13.1 Å². The lowest BCUT2D eigenvalue weighted by molar-refractivity contribution is 0.0622. The number of anilines is 1. The van der Waals surface area contributed by atoms with Crippen LogP contribution in [0.2, 0.25) is 0 Å². The Balaban J connectivity index is 2.49. The number of hydrazine groups is 1. The minimum absolute atomic E-state index is 0.284. The molecular formula is C13H14F2N4O. The average molecular weight is 280 g/mol. The Kier molecular flexibility index (Phi) is 4.09. The monoisotopic (exact) mass is 280 g/mol. The number of alkyl halides is 2. The van der Waals surface area contributed by atoms with Crippen LogP contribution in [0.1, 0.15) is 10.4 Å². The standard InChI is InChI=1S/C13H14F2N4O/c1-19(7-11(14)15)13(20)9-6-12(18-16)17-10-5-3-2-4-8(9)10/h2-6,11H,7,16H2,1H3,(H,17,18). The summed E-state index contributed by atoms with van der Waals surface area (Å²) in [5.74, 6) is 5.11. The number of amides is 1. The molecule has 0 atom stereocenters. The van der Waals surface area contributed by atoms with E-state index < -0.39 is 18.9 Å². The molecule has 2 rings (SSSR count). The number of carbonyl (C=O) groups is 1. The lowest BCUT2D eigenvalue weighted by Crippen LogP contribution is -2.31. The van der Waals surface area contributed by atoms with Gasteiger partial charge in [-0.25, -0.2) is 19.6 Å². The summed E-state index contributed by atoms with van der Waals surface area (Å²) >= 11 is 0. The highest BCUT2D eigenvalue weighted by Crippen LogP contribution is 2.21. The molecule has 1 aromatic carbocycles. The van der Waals surface area contributed by atoms with Gasteiger partial charge in [-0.15, -0.1) is 0 Å². The predicted octanol–water partition coefficient (Wildman–Crippen LogP) is 1.86. The molecule has 0 saturated heterocycles. The second kappa shape index (κ2) is 5.79. The molecule has 0 radical (unpaired) electrons. The zero-order valence-electron chi connectivity index (χ0n) is 10.8. The van der Waals surface area contributed by atoms with Gasteiger partial charge >= 0.3 is 0 Å². The molecule has 5 nitrogen and oxygen atoms in total. The molecule has 1 aromatic heterocycles. The van der Waals surface area contributed by atoms with Crippen molar-refractivity contribution in [3.05, 3.63) is 35.9 Å². The fraction of sp³-hybridized carbons (Fsp3) is 0.231. The second-order valence-electron chi connectivity index (χ2n) is 4.29. The van der Waals surface area contributed by atoms with Gasteiger partial charge in [-0.1, -0.05) is 18.2 Å². The molecule has 7 heteroatoms. The molecule has 0 unspecified atom stereocenters. The van der Waals surface area contributed by atoms with Gasteiger partial charge in [-0.3, -0.25) is 4.79 Å². The topological polar surface area (TPSA) is 71.2 Å². The van der Waals surface area contributed by atoms with E-state index in [0.717, 1.165) is 4.90 Å². The maximum absolute atomic E-state index is 12.4. The normalized spacial score (nSPS) is 10.8. The van der Waals surface area contributed by atoms with E-state index in [1.807, 2.05) is 0 Å². The Hall–Kier alpha value is -2.28. The van der Waals surface area contributed by atoms with Gasteiger partial charge in [-0.05, 0) is 12.1 Å². The summed E-state index contributed by atoms with van der Waals surface area (Å²) in [5.41, 5.74) is 3.21. The zero-order valence-corrected chi connectivity index (χ0v) is 10.8. The molecule has 0 spiro atoms. The first kappa shape index (κ1) is 14.1. The summed E-state index contributed by atoms with van der Waals surface area (Å²) in [6, 6.07) is 8.41. The van der Waals surface area contributed by atoms with Crippen LogP contribution in [-0.4, -0.2) is 35.8 Å². The number of hydrogen-bond donors (Lipinski definition) is 2. The number of aromatic nitrogens is 1. The van der Waals surface area contributed by atoms with Gasteiger partial charge in [0.25, 0.3) is 12.3 Å². The zero-order chi connectivity index (χ0) is 14.7. The maximum atomic E-state index is 12.4. The number of pyridine rings is 1. The summed E-state index contributed by atoms with van der Waals surface area (Å²) in [4.78, 5) is 17.4. The van der Waals surface area contributed by atoms with Crippen molar-refractivity contribution in [1.82, 2.24) is 9.88 Å². The number of nitrogens with zero attached hydrogens (tertiary/aromatic N) is 2. The van der Waals surface area contributed by atoms with E-state index >= 15 is 0 Å². The van der Waals surface area contributed by atoms with Gasteiger partial charge in [0.15, 0.2) is 0 Å². The minimum Gasteiger partial charge on any atom is -0.336 e. The first-order valence-electron chi connectivity index (χ1n) is 5.93. The third-order valence-corrected chi connectivity index (χ3v) is 2.85. The van der Waals surface area contributed by atoms with Gasteiger partial charge in [0.05, 0.1) is 17.6 Å². The molecule has 1 amide bonds. The van der Waals surface area contributed by atoms with Crippen molar-refractivity contribution < 1.29 is 13.6 Å². The fourth-order valence-electron chi connectivity index (χ4n) is 1.92. The molecule has 1 heterocycles. The molecule has 0 aliphatic heterocycles. The number of nitrogen functional groups attached to an aromatic ring is 1. The number of nitrogens with one attached hydrogen (secondary N) is 1.